The molecule has 0 aliphatic carbocycles. The maximum atomic E-state index is 12.5. The predicted molar refractivity (Wildman–Crippen MR) is 60.6 cm³/mol. The highest BCUT2D eigenvalue weighted by Gasteiger charge is 2.34. The normalized spacial score (nSPS) is 12.0. The van der Waals surface area contributed by atoms with Crippen molar-refractivity contribution in [3.63, 3.8) is 0 Å². The van der Waals surface area contributed by atoms with Crippen molar-refractivity contribution in [2.75, 3.05) is 5.73 Å². The van der Waals surface area contributed by atoms with Crippen molar-refractivity contribution < 1.29 is 13.2 Å². The molecule has 0 unspecified atom stereocenters. The molecule has 0 radical (unpaired) electrons. The van der Waals surface area contributed by atoms with Gasteiger partial charge in [0.1, 0.15) is 0 Å². The topological polar surface area (TPSA) is 54.7 Å². The summed E-state index contributed by atoms with van der Waals surface area (Å²) in [5.74, 6) is 0.118. The van der Waals surface area contributed by atoms with Crippen LogP contribution in [0.1, 0.15) is 5.56 Å². The zero-order valence-electron chi connectivity index (χ0n) is 8.40. The van der Waals surface area contributed by atoms with Crippen LogP contribution in [-0.2, 0) is 0 Å². The van der Waals surface area contributed by atoms with Crippen LogP contribution >= 0.6 is 11.6 Å². The number of rotatable bonds is 1. The van der Waals surface area contributed by atoms with Crippen LogP contribution in [0, 0.1) is 0 Å². The third kappa shape index (κ3) is 1.95. The van der Waals surface area contributed by atoms with Crippen LogP contribution in [0.5, 0.6) is 0 Å². The summed E-state index contributed by atoms with van der Waals surface area (Å²) in [6.45, 7) is 3.00. The van der Waals surface area contributed by atoms with Crippen molar-refractivity contribution in [1.29, 1.82) is 0 Å². The first-order valence-electron chi connectivity index (χ1n) is 4.50. The van der Waals surface area contributed by atoms with Crippen molar-refractivity contribution in [2.24, 2.45) is 0 Å². The zero-order chi connectivity index (χ0) is 12.8. The number of halogens is 4. The summed E-state index contributed by atoms with van der Waals surface area (Å²) in [7, 11) is 0. The van der Waals surface area contributed by atoms with Gasteiger partial charge in [-0.2, -0.15) is 18.3 Å². The second-order valence-electron chi connectivity index (χ2n) is 3.46. The molecular weight excluding hydrogens is 255 g/mol. The maximum Gasteiger partial charge on any atom is 0.416 e. The third-order valence-electron chi connectivity index (χ3n) is 2.35. The van der Waals surface area contributed by atoms with Gasteiger partial charge in [-0.3, -0.25) is 5.10 Å². The minimum absolute atomic E-state index is 0.0523. The number of nitrogens with zero attached hydrogens (tertiary/aromatic N) is 1. The highest BCUT2D eigenvalue weighted by Crippen LogP contribution is 2.38. The number of aromatic nitrogens is 2. The number of fused-ring (bicyclic) bond motifs is 1. The number of nitrogens with one attached hydrogen (secondary N) is 1. The van der Waals surface area contributed by atoms with Crippen molar-refractivity contribution >= 4 is 33.9 Å². The summed E-state index contributed by atoms with van der Waals surface area (Å²) in [4.78, 5) is 0. The summed E-state index contributed by atoms with van der Waals surface area (Å²) >= 11 is 5.76. The van der Waals surface area contributed by atoms with Crippen molar-refractivity contribution in [1.82, 2.24) is 10.2 Å². The lowest BCUT2D eigenvalue weighted by molar-refractivity contribution is -0.0686. The van der Waals surface area contributed by atoms with E-state index in [1.165, 1.54) is 12.1 Å². The summed E-state index contributed by atoms with van der Waals surface area (Å²) in [5, 5.41) is 6.58. The molecule has 0 amide bonds. The van der Waals surface area contributed by atoms with Crippen LogP contribution in [0.25, 0.3) is 16.5 Å². The first-order valence-corrected chi connectivity index (χ1v) is 4.88. The fraction of sp³-hybridized carbons (Fsp3) is 0.100. The number of allylic oxidation sites excluding steroid dienone is 1. The van der Waals surface area contributed by atoms with E-state index in [2.05, 4.69) is 16.8 Å². The maximum absolute atomic E-state index is 12.5. The number of hydrogen-bond acceptors (Lipinski definition) is 2. The van der Waals surface area contributed by atoms with E-state index in [4.69, 9.17) is 17.3 Å². The molecule has 0 saturated heterocycles. The number of alkyl halides is 3. The van der Waals surface area contributed by atoms with Gasteiger partial charge in [0, 0.05) is 10.9 Å². The van der Waals surface area contributed by atoms with Gasteiger partial charge < -0.3 is 5.73 Å². The Morgan fingerprint density at radius 1 is 1.41 bits per heavy atom. The Bertz CT molecular complexity index is 601. The van der Waals surface area contributed by atoms with Crippen LogP contribution in [0.2, 0.25) is 5.02 Å². The monoisotopic (exact) mass is 261 g/mol. The molecule has 2 rings (SSSR count). The Hall–Kier alpha value is -1.69. The molecule has 17 heavy (non-hydrogen) atoms. The van der Waals surface area contributed by atoms with Crippen LogP contribution in [0.15, 0.2) is 18.7 Å². The lowest BCUT2D eigenvalue weighted by atomic mass is 10.0. The molecule has 0 atom stereocenters. The minimum Gasteiger partial charge on any atom is -0.382 e. The molecule has 90 valence electrons. The highest BCUT2D eigenvalue weighted by atomic mass is 35.5. The Balaban J connectivity index is 2.65. The van der Waals surface area contributed by atoms with Gasteiger partial charge in [0.15, 0.2) is 5.82 Å². The molecule has 1 aromatic carbocycles. The quantitative estimate of drug-likeness (QED) is 0.827. The second kappa shape index (κ2) is 3.66. The summed E-state index contributed by atoms with van der Waals surface area (Å²) < 4.78 is 37.6. The van der Waals surface area contributed by atoms with E-state index >= 15 is 0 Å². The van der Waals surface area contributed by atoms with Gasteiger partial charge >= 0.3 is 6.18 Å². The molecule has 1 aromatic heterocycles. The average Bonchev–Trinajstić information content (AvgIpc) is 2.56. The zero-order valence-corrected chi connectivity index (χ0v) is 9.15. The number of nitrogen functional groups attached to an aromatic ring is 1. The molecule has 2 aromatic rings. The van der Waals surface area contributed by atoms with Gasteiger partial charge in [0.25, 0.3) is 0 Å². The van der Waals surface area contributed by atoms with E-state index in [-0.39, 0.29) is 16.4 Å². The lowest BCUT2D eigenvalue weighted by Crippen LogP contribution is -2.09. The first kappa shape index (κ1) is 11.8. The number of H-pyrrole nitrogens is 1. The van der Waals surface area contributed by atoms with Crippen LogP contribution < -0.4 is 5.73 Å². The molecule has 0 aliphatic rings. The molecule has 0 fully saturated rings. The molecule has 0 spiro atoms. The van der Waals surface area contributed by atoms with Crippen molar-refractivity contribution in [3.05, 3.63) is 29.3 Å². The smallest absolute Gasteiger partial charge is 0.382 e. The van der Waals surface area contributed by atoms with Gasteiger partial charge in [-0.25, -0.2) is 0 Å². The molecule has 3 N–H and O–H groups in total. The molecule has 7 heteroatoms. The van der Waals surface area contributed by atoms with Crippen molar-refractivity contribution in [2.45, 2.75) is 6.18 Å². The largest absolute Gasteiger partial charge is 0.416 e. The average molecular weight is 262 g/mol. The number of nitrogens with two attached hydrogens (primary N) is 1. The van der Waals surface area contributed by atoms with Gasteiger partial charge in [0.2, 0.25) is 0 Å². The van der Waals surface area contributed by atoms with E-state index in [0.29, 0.717) is 10.9 Å². The standard InChI is InChI=1S/C10H7ClF3N3/c1-4(10(12,13)14)5-2-6-8(3-7(5)11)16-17-9(6)15/h2-3H,1H2,(H3,15,16,17). The summed E-state index contributed by atoms with van der Waals surface area (Å²) in [6.07, 6.45) is -4.53. The van der Waals surface area contributed by atoms with Gasteiger partial charge in [-0.1, -0.05) is 18.2 Å². The lowest BCUT2D eigenvalue weighted by Gasteiger charge is -2.11. The minimum atomic E-state index is -4.53. The molecular formula is C10H7ClF3N3. The SMILES string of the molecule is C=C(c1cc2c(N)n[nH]c2cc1Cl)C(F)(F)F. The predicted octanol–water partition coefficient (Wildman–Crippen LogP) is 3.37. The van der Waals surface area contributed by atoms with E-state index in [1.54, 1.807) is 0 Å². The fourth-order valence-electron chi connectivity index (χ4n) is 1.44. The number of anilines is 1. The Labute approximate surface area is 99.1 Å². The highest BCUT2D eigenvalue weighted by molar-refractivity contribution is 6.33. The number of benzene rings is 1. The van der Waals surface area contributed by atoms with E-state index in [0.717, 1.165) is 0 Å². The van der Waals surface area contributed by atoms with E-state index in [9.17, 15) is 13.2 Å². The fourth-order valence-corrected chi connectivity index (χ4v) is 1.72. The van der Waals surface area contributed by atoms with Crippen LogP contribution in [0.4, 0.5) is 19.0 Å². The van der Waals surface area contributed by atoms with E-state index < -0.39 is 11.7 Å². The summed E-state index contributed by atoms with van der Waals surface area (Å²) in [5.41, 5.74) is 4.78. The second-order valence-corrected chi connectivity index (χ2v) is 3.87. The first-order chi connectivity index (χ1) is 7.80. The van der Waals surface area contributed by atoms with Gasteiger partial charge in [0.05, 0.1) is 16.1 Å². The molecule has 0 aliphatic heterocycles. The molecule has 0 bridgehead atoms. The molecule has 0 saturated carbocycles. The number of aromatic amines is 1. The van der Waals surface area contributed by atoms with Crippen LogP contribution in [0.3, 0.4) is 0 Å². The van der Waals surface area contributed by atoms with Gasteiger partial charge in [-0.05, 0) is 12.1 Å². The Morgan fingerprint density at radius 2 is 2.06 bits per heavy atom. The number of hydrogen-bond donors (Lipinski definition) is 2. The van der Waals surface area contributed by atoms with Gasteiger partial charge in [-0.15, -0.1) is 0 Å². The van der Waals surface area contributed by atoms with Crippen molar-refractivity contribution in [3.8, 4) is 0 Å². The van der Waals surface area contributed by atoms with Crippen LogP contribution in [-0.4, -0.2) is 16.4 Å². The Kier molecular flexibility index (Phi) is 2.54. The third-order valence-corrected chi connectivity index (χ3v) is 2.66. The Morgan fingerprint density at radius 3 is 2.65 bits per heavy atom. The molecule has 3 nitrogen and oxygen atoms in total. The summed E-state index contributed by atoms with van der Waals surface area (Å²) in [6, 6.07) is 2.57. The van der Waals surface area contributed by atoms with E-state index in [1.807, 2.05) is 0 Å². The molecule has 1 heterocycles.